The maximum Gasteiger partial charge on any atom is 0.250 e. The van der Waals surface area contributed by atoms with Gasteiger partial charge in [-0.1, -0.05) is 18.2 Å². The van der Waals surface area contributed by atoms with Crippen LogP contribution < -0.4 is 10.3 Å². The molecule has 0 amide bonds. The summed E-state index contributed by atoms with van der Waals surface area (Å²) in [6.07, 6.45) is 1.99. The lowest BCUT2D eigenvalue weighted by Crippen LogP contribution is -2.21. The molecule has 4 heteroatoms. The maximum absolute atomic E-state index is 12.4. The maximum atomic E-state index is 12.4. The highest BCUT2D eigenvalue weighted by Crippen LogP contribution is 2.19. The third-order valence-electron chi connectivity index (χ3n) is 3.33. The third-order valence-corrected chi connectivity index (χ3v) is 3.33. The fourth-order valence-corrected chi connectivity index (χ4v) is 2.21. The van der Waals surface area contributed by atoms with E-state index in [1.165, 1.54) is 6.07 Å². The third kappa shape index (κ3) is 3.40. The second-order valence-corrected chi connectivity index (χ2v) is 5.18. The van der Waals surface area contributed by atoms with Crippen LogP contribution in [0.15, 0.2) is 47.4 Å². The summed E-state index contributed by atoms with van der Waals surface area (Å²) in [5.74, 6) is 0.543. The van der Waals surface area contributed by atoms with Gasteiger partial charge in [0, 0.05) is 24.7 Å². The molecule has 2 rings (SSSR count). The van der Waals surface area contributed by atoms with E-state index in [0.29, 0.717) is 11.3 Å². The van der Waals surface area contributed by atoms with E-state index in [9.17, 15) is 9.59 Å². The average molecular weight is 285 g/mol. The molecule has 0 saturated carbocycles. The number of rotatable bonds is 5. The summed E-state index contributed by atoms with van der Waals surface area (Å²) in [6.45, 7) is 3.88. The van der Waals surface area contributed by atoms with Crippen molar-refractivity contribution in [3.63, 3.8) is 0 Å². The zero-order valence-corrected chi connectivity index (χ0v) is 12.5. The fraction of sp³-hybridized carbons (Fsp3) is 0.294. The summed E-state index contributed by atoms with van der Waals surface area (Å²) in [5, 5.41) is 0. The number of Topliss-reactive ketones (excluding diaryl/α,β-unsaturated/α-hetero) is 1. The van der Waals surface area contributed by atoms with Crippen LogP contribution >= 0.6 is 0 Å². The van der Waals surface area contributed by atoms with Crippen molar-refractivity contribution in [1.82, 2.24) is 4.57 Å². The van der Waals surface area contributed by atoms with Crippen LogP contribution in [0.2, 0.25) is 0 Å². The van der Waals surface area contributed by atoms with Gasteiger partial charge in [0.25, 0.3) is 5.56 Å². The molecule has 21 heavy (non-hydrogen) atoms. The van der Waals surface area contributed by atoms with Crippen LogP contribution in [-0.4, -0.2) is 17.5 Å². The van der Waals surface area contributed by atoms with Gasteiger partial charge in [-0.2, -0.15) is 0 Å². The molecule has 0 unspecified atom stereocenters. The minimum atomic E-state index is -0.0570. The minimum absolute atomic E-state index is 0.0265. The lowest BCUT2D eigenvalue weighted by molar-refractivity contribution is 0.0990. The van der Waals surface area contributed by atoms with E-state index in [0.717, 1.165) is 5.56 Å². The standard InChI is InChI=1S/C17H19NO3/c1-12(2)18-11-13(8-9-17(18)20)10-15(19)14-6-4-5-7-16(14)21-3/h4-9,11-12H,10H2,1-3H3. The summed E-state index contributed by atoms with van der Waals surface area (Å²) in [5.41, 5.74) is 1.32. The van der Waals surface area contributed by atoms with Crippen molar-refractivity contribution in [2.45, 2.75) is 26.3 Å². The molecule has 0 bridgehead atoms. The number of carbonyl (C=O) groups is 1. The van der Waals surface area contributed by atoms with Crippen LogP contribution in [0.1, 0.15) is 35.8 Å². The Kier molecular flexibility index (Phi) is 4.58. The van der Waals surface area contributed by atoms with E-state index in [1.54, 1.807) is 36.1 Å². The Morgan fingerprint density at radius 2 is 1.90 bits per heavy atom. The van der Waals surface area contributed by atoms with Gasteiger partial charge in [-0.05, 0) is 31.5 Å². The first-order chi connectivity index (χ1) is 10.0. The number of ether oxygens (including phenoxy) is 1. The molecule has 1 aromatic heterocycles. The van der Waals surface area contributed by atoms with Crippen molar-refractivity contribution in [3.8, 4) is 5.75 Å². The predicted octanol–water partition coefficient (Wildman–Crippen LogP) is 2.86. The molecule has 0 aliphatic carbocycles. The zero-order chi connectivity index (χ0) is 15.4. The van der Waals surface area contributed by atoms with E-state index in [4.69, 9.17) is 4.74 Å². The second kappa shape index (κ2) is 6.39. The average Bonchev–Trinajstić information content (AvgIpc) is 2.48. The molecule has 4 nitrogen and oxygen atoms in total. The van der Waals surface area contributed by atoms with Crippen molar-refractivity contribution in [1.29, 1.82) is 0 Å². The molecule has 1 aromatic carbocycles. The highest BCUT2D eigenvalue weighted by atomic mass is 16.5. The SMILES string of the molecule is COc1ccccc1C(=O)Cc1ccc(=O)n(C(C)C)c1. The van der Waals surface area contributed by atoms with Crippen molar-refractivity contribution in [3.05, 3.63) is 64.1 Å². The van der Waals surface area contributed by atoms with Crippen LogP contribution in [0.4, 0.5) is 0 Å². The highest BCUT2D eigenvalue weighted by Gasteiger charge is 2.13. The van der Waals surface area contributed by atoms with Crippen molar-refractivity contribution < 1.29 is 9.53 Å². The van der Waals surface area contributed by atoms with Gasteiger partial charge in [0.2, 0.25) is 0 Å². The fourth-order valence-electron chi connectivity index (χ4n) is 2.21. The molecule has 0 spiro atoms. The molecular weight excluding hydrogens is 266 g/mol. The Labute approximate surface area is 124 Å². The van der Waals surface area contributed by atoms with Crippen molar-refractivity contribution in [2.75, 3.05) is 7.11 Å². The second-order valence-electron chi connectivity index (χ2n) is 5.18. The van der Waals surface area contributed by atoms with Crippen LogP contribution in [0.3, 0.4) is 0 Å². The van der Waals surface area contributed by atoms with Gasteiger partial charge in [0.15, 0.2) is 5.78 Å². The number of ketones is 1. The number of hydrogen-bond donors (Lipinski definition) is 0. The van der Waals surface area contributed by atoms with Gasteiger partial charge < -0.3 is 9.30 Å². The molecule has 0 atom stereocenters. The number of benzene rings is 1. The lowest BCUT2D eigenvalue weighted by Gasteiger charge is -2.12. The van der Waals surface area contributed by atoms with Crippen LogP contribution in [0.25, 0.3) is 0 Å². The molecule has 0 radical (unpaired) electrons. The van der Waals surface area contributed by atoms with Gasteiger partial charge >= 0.3 is 0 Å². The monoisotopic (exact) mass is 285 g/mol. The summed E-state index contributed by atoms with van der Waals surface area (Å²) in [4.78, 5) is 24.1. The van der Waals surface area contributed by atoms with Crippen LogP contribution in [0.5, 0.6) is 5.75 Å². The van der Waals surface area contributed by atoms with Crippen LogP contribution in [0, 0.1) is 0 Å². The number of pyridine rings is 1. The Hall–Kier alpha value is -2.36. The molecule has 1 heterocycles. The van der Waals surface area contributed by atoms with E-state index >= 15 is 0 Å². The van der Waals surface area contributed by atoms with Gasteiger partial charge in [0.1, 0.15) is 5.75 Å². The number of carbonyl (C=O) groups excluding carboxylic acids is 1. The molecule has 0 N–H and O–H groups in total. The summed E-state index contributed by atoms with van der Waals surface area (Å²) >= 11 is 0. The molecular formula is C17H19NO3. The quantitative estimate of drug-likeness (QED) is 0.794. The summed E-state index contributed by atoms with van der Waals surface area (Å²) in [7, 11) is 1.55. The van der Waals surface area contributed by atoms with E-state index in [-0.39, 0.29) is 23.8 Å². The Bertz CT molecular complexity index is 701. The number of para-hydroxylation sites is 1. The largest absolute Gasteiger partial charge is 0.496 e. The van der Waals surface area contributed by atoms with Gasteiger partial charge in [-0.25, -0.2) is 0 Å². The smallest absolute Gasteiger partial charge is 0.250 e. The minimum Gasteiger partial charge on any atom is -0.496 e. The highest BCUT2D eigenvalue weighted by molar-refractivity contribution is 5.99. The van der Waals surface area contributed by atoms with E-state index < -0.39 is 0 Å². The first-order valence-corrected chi connectivity index (χ1v) is 6.90. The van der Waals surface area contributed by atoms with Crippen molar-refractivity contribution >= 4 is 5.78 Å². The molecule has 0 aliphatic heterocycles. The Morgan fingerprint density at radius 3 is 2.57 bits per heavy atom. The molecule has 2 aromatic rings. The normalized spacial score (nSPS) is 10.7. The van der Waals surface area contributed by atoms with Crippen molar-refractivity contribution in [2.24, 2.45) is 0 Å². The molecule has 0 aliphatic rings. The number of hydrogen-bond acceptors (Lipinski definition) is 3. The number of methoxy groups -OCH3 is 1. The summed E-state index contributed by atoms with van der Waals surface area (Å²) in [6, 6.07) is 10.4. The Balaban J connectivity index is 2.28. The van der Waals surface area contributed by atoms with Gasteiger partial charge in [0.05, 0.1) is 12.7 Å². The molecule has 110 valence electrons. The molecule has 0 saturated heterocycles. The van der Waals surface area contributed by atoms with E-state index in [1.807, 2.05) is 26.0 Å². The Morgan fingerprint density at radius 1 is 1.19 bits per heavy atom. The van der Waals surface area contributed by atoms with Crippen LogP contribution in [-0.2, 0) is 6.42 Å². The number of aromatic nitrogens is 1. The molecule has 0 fully saturated rings. The zero-order valence-electron chi connectivity index (χ0n) is 12.5. The van der Waals surface area contributed by atoms with Gasteiger partial charge in [-0.3, -0.25) is 9.59 Å². The van der Waals surface area contributed by atoms with Gasteiger partial charge in [-0.15, -0.1) is 0 Å². The lowest BCUT2D eigenvalue weighted by atomic mass is 10.0. The first kappa shape index (κ1) is 15.0. The predicted molar refractivity (Wildman–Crippen MR) is 82.1 cm³/mol. The topological polar surface area (TPSA) is 48.3 Å². The number of nitrogens with zero attached hydrogens (tertiary/aromatic N) is 1. The van der Waals surface area contributed by atoms with E-state index in [2.05, 4.69) is 0 Å². The first-order valence-electron chi connectivity index (χ1n) is 6.90. The summed E-state index contributed by atoms with van der Waals surface area (Å²) < 4.78 is 6.84.